The van der Waals surface area contributed by atoms with Crippen LogP contribution in [0, 0.1) is 13.8 Å². The number of aliphatic hydroxyl groups excluding tert-OH is 1. The second-order valence-corrected chi connectivity index (χ2v) is 7.96. The van der Waals surface area contributed by atoms with E-state index in [2.05, 4.69) is 4.98 Å². The zero-order chi connectivity index (χ0) is 18.6. The SMILES string of the molecule is CSc1nc(=O)c(C)cn1C[C@H](O)COS(=O)(=O)c1ccc(C)cc1. The van der Waals surface area contributed by atoms with Crippen LogP contribution >= 0.6 is 11.8 Å². The van der Waals surface area contributed by atoms with Crippen LogP contribution in [0.4, 0.5) is 0 Å². The summed E-state index contributed by atoms with van der Waals surface area (Å²) in [7, 11) is -3.94. The van der Waals surface area contributed by atoms with Gasteiger partial charge < -0.3 is 9.67 Å². The van der Waals surface area contributed by atoms with E-state index in [1.54, 1.807) is 36.1 Å². The van der Waals surface area contributed by atoms with E-state index in [1.165, 1.54) is 23.9 Å². The molecule has 7 nitrogen and oxygen atoms in total. The lowest BCUT2D eigenvalue weighted by molar-refractivity contribution is 0.0924. The van der Waals surface area contributed by atoms with Crippen LogP contribution in [0.2, 0.25) is 0 Å². The summed E-state index contributed by atoms with van der Waals surface area (Å²) in [6.45, 7) is 3.15. The zero-order valence-electron chi connectivity index (χ0n) is 14.2. The van der Waals surface area contributed by atoms with Gasteiger partial charge in [-0.25, -0.2) is 0 Å². The third-order valence-corrected chi connectivity index (χ3v) is 5.43. The fourth-order valence-corrected chi connectivity index (χ4v) is 3.58. The lowest BCUT2D eigenvalue weighted by Crippen LogP contribution is -2.27. The number of aliphatic hydroxyl groups is 1. The third-order valence-electron chi connectivity index (χ3n) is 3.44. The summed E-state index contributed by atoms with van der Waals surface area (Å²) < 4.78 is 30.8. The molecule has 1 heterocycles. The standard InChI is InChI=1S/C16H20N2O5S2/c1-11-4-6-14(7-5-11)25(21,22)23-10-13(19)9-18-8-12(2)15(20)17-16(18)24-3/h4-8,13,19H,9-10H2,1-3H3/t13-/m0/s1. The zero-order valence-corrected chi connectivity index (χ0v) is 15.8. The molecule has 0 spiro atoms. The van der Waals surface area contributed by atoms with Gasteiger partial charge in [-0.05, 0) is 32.2 Å². The summed E-state index contributed by atoms with van der Waals surface area (Å²) >= 11 is 1.26. The van der Waals surface area contributed by atoms with Gasteiger partial charge in [0.05, 0.1) is 24.2 Å². The van der Waals surface area contributed by atoms with Crippen LogP contribution < -0.4 is 5.56 Å². The average molecular weight is 384 g/mol. The van der Waals surface area contributed by atoms with E-state index in [9.17, 15) is 18.3 Å². The second-order valence-electron chi connectivity index (χ2n) is 5.57. The third kappa shape index (κ3) is 5.15. The van der Waals surface area contributed by atoms with Crippen LogP contribution in [0.3, 0.4) is 0 Å². The Hall–Kier alpha value is -1.68. The maximum absolute atomic E-state index is 12.1. The maximum atomic E-state index is 12.1. The van der Waals surface area contributed by atoms with Crippen molar-refractivity contribution in [3.05, 3.63) is 51.9 Å². The number of nitrogens with zero attached hydrogens (tertiary/aromatic N) is 2. The normalized spacial score (nSPS) is 13.0. The van der Waals surface area contributed by atoms with Crippen molar-refractivity contribution in [1.29, 1.82) is 0 Å². The van der Waals surface area contributed by atoms with Gasteiger partial charge in [-0.2, -0.15) is 13.4 Å². The molecule has 0 bridgehead atoms. The smallest absolute Gasteiger partial charge is 0.297 e. The number of rotatable bonds is 7. The number of aromatic nitrogens is 2. The Morgan fingerprint density at radius 2 is 1.92 bits per heavy atom. The van der Waals surface area contributed by atoms with Gasteiger partial charge in [0.1, 0.15) is 0 Å². The van der Waals surface area contributed by atoms with Crippen LogP contribution in [0.25, 0.3) is 0 Å². The van der Waals surface area contributed by atoms with E-state index in [0.29, 0.717) is 10.7 Å². The predicted octanol–water partition coefficient (Wildman–Crippen LogP) is 1.35. The van der Waals surface area contributed by atoms with Gasteiger partial charge in [-0.3, -0.25) is 8.98 Å². The highest BCUT2D eigenvalue weighted by Crippen LogP contribution is 2.15. The largest absolute Gasteiger partial charge is 0.389 e. The highest BCUT2D eigenvalue weighted by Gasteiger charge is 2.18. The molecule has 9 heteroatoms. The molecule has 0 aliphatic rings. The summed E-state index contributed by atoms with van der Waals surface area (Å²) in [5.74, 6) is 0. The molecule has 0 aliphatic heterocycles. The molecular formula is C16H20N2O5S2. The first-order valence-corrected chi connectivity index (χ1v) is 10.1. The van der Waals surface area contributed by atoms with Crippen molar-refractivity contribution >= 4 is 21.9 Å². The van der Waals surface area contributed by atoms with Crippen molar-refractivity contribution in [3.63, 3.8) is 0 Å². The first kappa shape index (κ1) is 19.6. The molecule has 1 aromatic heterocycles. The highest BCUT2D eigenvalue weighted by molar-refractivity contribution is 7.98. The van der Waals surface area contributed by atoms with Crippen molar-refractivity contribution in [3.8, 4) is 0 Å². The molecule has 2 aromatic rings. The summed E-state index contributed by atoms with van der Waals surface area (Å²) in [5, 5.41) is 10.6. The topological polar surface area (TPSA) is 98.5 Å². The Bertz CT molecular complexity index is 892. The number of hydrogen-bond acceptors (Lipinski definition) is 7. The van der Waals surface area contributed by atoms with E-state index in [1.807, 2.05) is 6.92 Å². The molecule has 2 rings (SSSR count). The second kappa shape index (κ2) is 8.13. The summed E-state index contributed by atoms with van der Waals surface area (Å²) in [5.41, 5.74) is 1.05. The fraction of sp³-hybridized carbons (Fsp3) is 0.375. The molecule has 0 amide bonds. The van der Waals surface area contributed by atoms with Gasteiger partial charge in [0.15, 0.2) is 5.16 Å². The Morgan fingerprint density at radius 1 is 1.28 bits per heavy atom. The molecule has 0 radical (unpaired) electrons. The monoisotopic (exact) mass is 384 g/mol. The predicted molar refractivity (Wildman–Crippen MR) is 95.3 cm³/mol. The van der Waals surface area contributed by atoms with Gasteiger partial charge >= 0.3 is 0 Å². The van der Waals surface area contributed by atoms with E-state index in [4.69, 9.17) is 4.18 Å². The maximum Gasteiger partial charge on any atom is 0.297 e. The molecular weight excluding hydrogens is 364 g/mol. The summed E-state index contributed by atoms with van der Waals surface area (Å²) in [6, 6.07) is 6.26. The van der Waals surface area contributed by atoms with Crippen molar-refractivity contribution in [1.82, 2.24) is 9.55 Å². The van der Waals surface area contributed by atoms with Crippen molar-refractivity contribution in [2.24, 2.45) is 0 Å². The van der Waals surface area contributed by atoms with Crippen LogP contribution in [-0.4, -0.2) is 42.0 Å². The molecule has 1 aromatic carbocycles. The molecule has 1 atom stereocenters. The van der Waals surface area contributed by atoms with Crippen LogP contribution in [0.5, 0.6) is 0 Å². The van der Waals surface area contributed by atoms with E-state index < -0.39 is 22.8 Å². The lowest BCUT2D eigenvalue weighted by Gasteiger charge is -2.16. The van der Waals surface area contributed by atoms with Crippen LogP contribution in [-0.2, 0) is 20.8 Å². The fourth-order valence-electron chi connectivity index (χ4n) is 2.10. The highest BCUT2D eigenvalue weighted by atomic mass is 32.2. The van der Waals surface area contributed by atoms with Crippen LogP contribution in [0.1, 0.15) is 11.1 Å². The quantitative estimate of drug-likeness (QED) is 0.437. The minimum atomic E-state index is -3.94. The summed E-state index contributed by atoms with van der Waals surface area (Å²) in [4.78, 5) is 15.5. The van der Waals surface area contributed by atoms with Crippen LogP contribution in [0.15, 0.2) is 45.3 Å². The number of aryl methyl sites for hydroxylation is 2. The minimum absolute atomic E-state index is 0.0379. The molecule has 1 N–H and O–H groups in total. The minimum Gasteiger partial charge on any atom is -0.389 e. The first-order valence-electron chi connectivity index (χ1n) is 7.49. The molecule has 0 aliphatic carbocycles. The molecule has 25 heavy (non-hydrogen) atoms. The van der Waals surface area contributed by atoms with Crippen molar-refractivity contribution in [2.45, 2.75) is 36.5 Å². The van der Waals surface area contributed by atoms with Gasteiger partial charge in [-0.1, -0.05) is 29.5 Å². The number of benzene rings is 1. The Balaban J connectivity index is 2.06. The lowest BCUT2D eigenvalue weighted by atomic mass is 10.2. The Kier molecular flexibility index (Phi) is 6.39. The van der Waals surface area contributed by atoms with E-state index >= 15 is 0 Å². The molecule has 0 fully saturated rings. The molecule has 0 unspecified atom stereocenters. The molecule has 0 saturated heterocycles. The van der Waals surface area contributed by atoms with Gasteiger partial charge in [0, 0.05) is 11.8 Å². The van der Waals surface area contributed by atoms with E-state index in [-0.39, 0.29) is 17.0 Å². The Labute approximate surface area is 150 Å². The van der Waals surface area contributed by atoms with Crippen molar-refractivity contribution in [2.75, 3.05) is 12.9 Å². The number of hydrogen-bond donors (Lipinski definition) is 1. The van der Waals surface area contributed by atoms with Gasteiger partial charge in [0.25, 0.3) is 15.7 Å². The van der Waals surface area contributed by atoms with Crippen molar-refractivity contribution < 1.29 is 17.7 Å². The van der Waals surface area contributed by atoms with E-state index in [0.717, 1.165) is 5.56 Å². The van der Waals surface area contributed by atoms with Gasteiger partial charge in [0.2, 0.25) is 0 Å². The average Bonchev–Trinajstić information content (AvgIpc) is 2.56. The number of thioether (sulfide) groups is 1. The first-order chi connectivity index (χ1) is 11.7. The Morgan fingerprint density at radius 3 is 2.52 bits per heavy atom. The molecule has 0 saturated carbocycles. The summed E-state index contributed by atoms with van der Waals surface area (Å²) in [6.07, 6.45) is 2.27. The molecule has 136 valence electrons. The van der Waals surface area contributed by atoms with Gasteiger partial charge in [-0.15, -0.1) is 0 Å².